The Balaban J connectivity index is 1.78. The summed E-state index contributed by atoms with van der Waals surface area (Å²) in [7, 11) is 0. The number of hydrogen-bond donors (Lipinski definition) is 0. The number of carbonyl (C=O) groups is 2. The van der Waals surface area contributed by atoms with Gasteiger partial charge in [0.15, 0.2) is 0 Å². The number of thioether (sulfide) groups is 1. The second-order valence-electron chi connectivity index (χ2n) is 5.34. The third kappa shape index (κ3) is 3.82. The smallest absolute Gasteiger partial charge is 0.260 e. The monoisotopic (exact) mass is 349 g/mol. The Hall–Kier alpha value is -1.66. The number of amides is 2. The molecule has 1 aromatic heterocycles. The summed E-state index contributed by atoms with van der Waals surface area (Å²) >= 11 is 3.13. The maximum Gasteiger partial charge on any atom is 0.260 e. The van der Waals surface area contributed by atoms with Crippen molar-refractivity contribution in [2.75, 3.05) is 6.54 Å². The zero-order valence-corrected chi connectivity index (χ0v) is 14.0. The van der Waals surface area contributed by atoms with Crippen LogP contribution in [0.25, 0.3) is 0 Å². The first-order chi connectivity index (χ1) is 11.1. The molecular formula is C17H16FNO2S2. The summed E-state index contributed by atoms with van der Waals surface area (Å²) in [6.45, 7) is 0.427. The molecule has 1 saturated heterocycles. The van der Waals surface area contributed by atoms with Crippen molar-refractivity contribution in [3.63, 3.8) is 0 Å². The predicted octanol–water partition coefficient (Wildman–Crippen LogP) is 4.20. The van der Waals surface area contributed by atoms with Gasteiger partial charge >= 0.3 is 0 Å². The highest BCUT2D eigenvalue weighted by atomic mass is 32.2. The van der Waals surface area contributed by atoms with E-state index in [4.69, 9.17) is 0 Å². The number of rotatable bonds is 3. The van der Waals surface area contributed by atoms with E-state index in [1.807, 2.05) is 17.5 Å². The van der Waals surface area contributed by atoms with Crippen LogP contribution in [0, 0.1) is 5.82 Å². The van der Waals surface area contributed by atoms with Crippen LogP contribution < -0.4 is 0 Å². The third-order valence-electron chi connectivity index (χ3n) is 3.73. The van der Waals surface area contributed by atoms with Gasteiger partial charge in [-0.25, -0.2) is 4.39 Å². The largest absolute Gasteiger partial charge is 0.278 e. The topological polar surface area (TPSA) is 37.4 Å². The molecule has 1 aliphatic heterocycles. The lowest BCUT2D eigenvalue weighted by atomic mass is 10.2. The maximum absolute atomic E-state index is 13.0. The molecule has 0 N–H and O–H groups in total. The molecule has 3 rings (SSSR count). The number of likely N-dealkylation sites (tertiary alicyclic amines) is 1. The van der Waals surface area contributed by atoms with Gasteiger partial charge in [0.1, 0.15) is 5.82 Å². The van der Waals surface area contributed by atoms with E-state index in [2.05, 4.69) is 0 Å². The van der Waals surface area contributed by atoms with Crippen molar-refractivity contribution < 1.29 is 14.0 Å². The van der Waals surface area contributed by atoms with Gasteiger partial charge in [-0.1, -0.05) is 12.5 Å². The number of thiophene rings is 1. The summed E-state index contributed by atoms with van der Waals surface area (Å²) in [5, 5.41) is 1.74. The average Bonchev–Trinajstić information content (AvgIpc) is 2.99. The Kier molecular flexibility index (Phi) is 5.13. The highest BCUT2D eigenvalue weighted by Gasteiger charge is 2.32. The van der Waals surface area contributed by atoms with Crippen LogP contribution in [0.3, 0.4) is 0 Å². The van der Waals surface area contributed by atoms with E-state index < -0.39 is 5.82 Å². The fourth-order valence-corrected chi connectivity index (χ4v) is 4.67. The van der Waals surface area contributed by atoms with Crippen molar-refractivity contribution in [3.05, 3.63) is 53.2 Å². The predicted molar refractivity (Wildman–Crippen MR) is 90.3 cm³/mol. The molecule has 0 aliphatic carbocycles. The molecule has 2 aromatic rings. The molecular weight excluding hydrogens is 333 g/mol. The molecule has 2 heterocycles. The van der Waals surface area contributed by atoms with Crippen LogP contribution in [0.2, 0.25) is 0 Å². The SMILES string of the molecule is O=C(c1ccc(F)cc1)N1CCCCC(Sc2cccs2)C1=O. The Bertz CT molecular complexity index is 685. The van der Waals surface area contributed by atoms with Gasteiger partial charge < -0.3 is 0 Å². The van der Waals surface area contributed by atoms with Gasteiger partial charge in [-0.3, -0.25) is 14.5 Å². The second kappa shape index (κ2) is 7.27. The standard InChI is InChI=1S/C17H16FNO2S2/c18-13-8-6-12(7-9-13)16(20)19-10-2-1-4-14(17(19)21)23-15-5-3-11-22-15/h3,5-9,11,14H,1-2,4,10H2. The number of hydrogen-bond acceptors (Lipinski definition) is 4. The number of benzene rings is 1. The quantitative estimate of drug-likeness (QED) is 0.779. The Morgan fingerprint density at radius 2 is 2.00 bits per heavy atom. The molecule has 23 heavy (non-hydrogen) atoms. The molecule has 6 heteroatoms. The van der Waals surface area contributed by atoms with Gasteiger partial charge in [-0.2, -0.15) is 0 Å². The van der Waals surface area contributed by atoms with Crippen LogP contribution in [-0.2, 0) is 4.79 Å². The van der Waals surface area contributed by atoms with Crippen LogP contribution in [0.15, 0.2) is 46.0 Å². The molecule has 1 aromatic carbocycles. The van der Waals surface area contributed by atoms with Gasteiger partial charge in [0, 0.05) is 12.1 Å². The first-order valence-electron chi connectivity index (χ1n) is 7.46. The Labute approximate surface area is 142 Å². The summed E-state index contributed by atoms with van der Waals surface area (Å²) in [5.74, 6) is -0.876. The molecule has 0 radical (unpaired) electrons. The highest BCUT2D eigenvalue weighted by molar-refractivity contribution is 8.02. The van der Waals surface area contributed by atoms with Crippen molar-refractivity contribution in [1.29, 1.82) is 0 Å². The summed E-state index contributed by atoms with van der Waals surface area (Å²) in [6, 6.07) is 9.28. The average molecular weight is 349 g/mol. The molecule has 1 fully saturated rings. The molecule has 1 unspecified atom stereocenters. The zero-order chi connectivity index (χ0) is 16.2. The van der Waals surface area contributed by atoms with Crippen LogP contribution in [0.5, 0.6) is 0 Å². The van der Waals surface area contributed by atoms with E-state index in [9.17, 15) is 14.0 Å². The number of imide groups is 1. The maximum atomic E-state index is 13.0. The van der Waals surface area contributed by atoms with Crippen molar-refractivity contribution >= 4 is 34.9 Å². The van der Waals surface area contributed by atoms with Gasteiger partial charge in [0.2, 0.25) is 5.91 Å². The zero-order valence-electron chi connectivity index (χ0n) is 12.4. The van der Waals surface area contributed by atoms with Gasteiger partial charge in [0.05, 0.1) is 9.46 Å². The van der Waals surface area contributed by atoms with Crippen molar-refractivity contribution in [3.8, 4) is 0 Å². The summed E-state index contributed by atoms with van der Waals surface area (Å²) < 4.78 is 14.1. The van der Waals surface area contributed by atoms with E-state index in [0.29, 0.717) is 12.1 Å². The van der Waals surface area contributed by atoms with Crippen molar-refractivity contribution in [1.82, 2.24) is 4.90 Å². The van der Waals surface area contributed by atoms with E-state index in [1.165, 1.54) is 40.9 Å². The molecule has 0 spiro atoms. The minimum atomic E-state index is -0.394. The van der Waals surface area contributed by atoms with Crippen LogP contribution in [0.4, 0.5) is 4.39 Å². The van der Waals surface area contributed by atoms with Gasteiger partial charge in [-0.05, 0) is 48.6 Å². The lowest BCUT2D eigenvalue weighted by Crippen LogP contribution is -2.41. The Morgan fingerprint density at radius 1 is 1.22 bits per heavy atom. The van der Waals surface area contributed by atoms with Gasteiger partial charge in [0.25, 0.3) is 5.91 Å². The fraction of sp³-hybridized carbons (Fsp3) is 0.294. The van der Waals surface area contributed by atoms with E-state index in [-0.39, 0.29) is 17.1 Å². The lowest BCUT2D eigenvalue weighted by molar-refractivity contribution is -0.127. The van der Waals surface area contributed by atoms with Crippen LogP contribution in [-0.4, -0.2) is 28.5 Å². The first kappa shape index (κ1) is 16.2. The van der Waals surface area contributed by atoms with E-state index in [1.54, 1.807) is 11.3 Å². The molecule has 3 nitrogen and oxygen atoms in total. The van der Waals surface area contributed by atoms with Crippen molar-refractivity contribution in [2.24, 2.45) is 0 Å². The molecule has 120 valence electrons. The van der Waals surface area contributed by atoms with Crippen LogP contribution in [0.1, 0.15) is 29.6 Å². The summed E-state index contributed by atoms with van der Waals surface area (Å²) in [6.07, 6.45) is 2.50. The summed E-state index contributed by atoms with van der Waals surface area (Å²) in [5.41, 5.74) is 0.349. The Morgan fingerprint density at radius 3 is 2.70 bits per heavy atom. The lowest BCUT2D eigenvalue weighted by Gasteiger charge is -2.22. The normalized spacial score (nSPS) is 18.7. The van der Waals surface area contributed by atoms with E-state index >= 15 is 0 Å². The summed E-state index contributed by atoms with van der Waals surface area (Å²) in [4.78, 5) is 26.7. The minimum absolute atomic E-state index is 0.143. The number of nitrogens with zero attached hydrogens (tertiary/aromatic N) is 1. The molecule has 2 amide bonds. The van der Waals surface area contributed by atoms with E-state index in [0.717, 1.165) is 23.5 Å². The first-order valence-corrected chi connectivity index (χ1v) is 9.22. The molecule has 0 saturated carbocycles. The van der Waals surface area contributed by atoms with Crippen molar-refractivity contribution in [2.45, 2.75) is 28.7 Å². The van der Waals surface area contributed by atoms with Gasteiger partial charge in [-0.15, -0.1) is 23.1 Å². The second-order valence-corrected chi connectivity index (χ2v) is 7.79. The number of carbonyl (C=O) groups excluding carboxylic acids is 2. The highest BCUT2D eigenvalue weighted by Crippen LogP contribution is 2.33. The van der Waals surface area contributed by atoms with Crippen LogP contribution >= 0.6 is 23.1 Å². The third-order valence-corrected chi connectivity index (χ3v) is 6.06. The molecule has 1 aliphatic rings. The fourth-order valence-electron chi connectivity index (χ4n) is 2.54. The number of halogens is 1. The molecule has 0 bridgehead atoms. The minimum Gasteiger partial charge on any atom is -0.278 e. The molecule has 1 atom stereocenters.